The zero-order valence-electron chi connectivity index (χ0n) is 12.2. The first kappa shape index (κ1) is 15.8. The van der Waals surface area contributed by atoms with Crippen LogP contribution in [0.5, 0.6) is 0 Å². The minimum Gasteiger partial charge on any atom is -0.481 e. The summed E-state index contributed by atoms with van der Waals surface area (Å²) in [7, 11) is 0. The molecule has 0 heterocycles. The number of amides is 2. The highest BCUT2D eigenvalue weighted by Gasteiger charge is 2.23. The lowest BCUT2D eigenvalue weighted by molar-refractivity contribution is -0.141. The Morgan fingerprint density at radius 1 is 1.32 bits per heavy atom. The number of nitrogens with zero attached hydrogens (tertiary/aromatic N) is 1. The van der Waals surface area contributed by atoms with Crippen molar-refractivity contribution in [2.24, 2.45) is 11.8 Å². The molecule has 19 heavy (non-hydrogen) atoms. The van der Waals surface area contributed by atoms with Crippen molar-refractivity contribution < 1.29 is 14.7 Å². The second kappa shape index (κ2) is 7.36. The molecule has 0 saturated heterocycles. The number of carbonyl (C=O) groups is 2. The van der Waals surface area contributed by atoms with Crippen LogP contribution in [0.1, 0.15) is 46.5 Å². The van der Waals surface area contributed by atoms with Crippen molar-refractivity contribution in [3.8, 4) is 0 Å². The summed E-state index contributed by atoms with van der Waals surface area (Å²) in [5, 5.41) is 11.9. The Hall–Kier alpha value is -1.26. The smallest absolute Gasteiger partial charge is 0.317 e. The van der Waals surface area contributed by atoms with Crippen molar-refractivity contribution in [1.29, 1.82) is 0 Å². The number of hydrogen-bond donors (Lipinski definition) is 2. The van der Waals surface area contributed by atoms with Gasteiger partial charge < -0.3 is 15.3 Å². The fourth-order valence-electron chi connectivity index (χ4n) is 2.43. The van der Waals surface area contributed by atoms with E-state index >= 15 is 0 Å². The van der Waals surface area contributed by atoms with Crippen LogP contribution in [-0.4, -0.2) is 41.1 Å². The molecule has 2 amide bonds. The summed E-state index contributed by atoms with van der Waals surface area (Å²) >= 11 is 0. The molecule has 110 valence electrons. The van der Waals surface area contributed by atoms with Crippen molar-refractivity contribution in [2.75, 3.05) is 13.1 Å². The van der Waals surface area contributed by atoms with Crippen molar-refractivity contribution in [2.45, 2.75) is 52.5 Å². The molecule has 0 spiro atoms. The summed E-state index contributed by atoms with van der Waals surface area (Å²) in [5.74, 6) is -0.641. The van der Waals surface area contributed by atoms with E-state index in [0.717, 1.165) is 31.6 Å². The predicted octanol–water partition coefficient (Wildman–Crippen LogP) is 2.32. The standard InChI is InChI=1S/C14H26N2O3/c1-4-16(9-11(3)13(17)18)14(19)15-12-7-5-10(2)6-8-12/h10-12H,4-9H2,1-3H3,(H,15,19)(H,17,18). The lowest BCUT2D eigenvalue weighted by Crippen LogP contribution is -2.47. The molecule has 2 N–H and O–H groups in total. The van der Waals surface area contributed by atoms with Gasteiger partial charge in [0.25, 0.3) is 0 Å². The van der Waals surface area contributed by atoms with E-state index in [1.165, 1.54) is 0 Å². The van der Waals surface area contributed by atoms with Crippen molar-refractivity contribution in [3.05, 3.63) is 0 Å². The van der Waals surface area contributed by atoms with Gasteiger partial charge in [0.05, 0.1) is 5.92 Å². The summed E-state index contributed by atoms with van der Waals surface area (Å²) in [6.45, 7) is 6.54. The molecular weight excluding hydrogens is 244 g/mol. The zero-order valence-corrected chi connectivity index (χ0v) is 12.2. The normalized spacial score (nSPS) is 24.6. The zero-order chi connectivity index (χ0) is 14.4. The van der Waals surface area contributed by atoms with Crippen LogP contribution in [0.2, 0.25) is 0 Å². The van der Waals surface area contributed by atoms with Gasteiger partial charge in [0.15, 0.2) is 0 Å². The Bertz CT molecular complexity index is 312. The number of aliphatic carboxylic acids is 1. The quantitative estimate of drug-likeness (QED) is 0.805. The molecule has 1 aliphatic carbocycles. The van der Waals surface area contributed by atoms with Crippen molar-refractivity contribution >= 4 is 12.0 Å². The van der Waals surface area contributed by atoms with Gasteiger partial charge in [-0.1, -0.05) is 13.8 Å². The van der Waals surface area contributed by atoms with Gasteiger partial charge in [0.2, 0.25) is 0 Å². The van der Waals surface area contributed by atoms with E-state index in [4.69, 9.17) is 5.11 Å². The van der Waals surface area contributed by atoms with Gasteiger partial charge in [0.1, 0.15) is 0 Å². The average molecular weight is 270 g/mol. The highest BCUT2D eigenvalue weighted by molar-refractivity contribution is 5.76. The first-order valence-electron chi connectivity index (χ1n) is 7.22. The third-order valence-electron chi connectivity index (χ3n) is 3.93. The molecule has 0 aromatic rings. The number of urea groups is 1. The van der Waals surface area contributed by atoms with E-state index in [1.807, 2.05) is 6.92 Å². The van der Waals surface area contributed by atoms with E-state index in [-0.39, 0.29) is 18.6 Å². The second-order valence-electron chi connectivity index (χ2n) is 5.68. The van der Waals surface area contributed by atoms with Crippen LogP contribution in [0.25, 0.3) is 0 Å². The number of carboxylic acids is 1. The van der Waals surface area contributed by atoms with Crippen LogP contribution in [0.4, 0.5) is 4.79 Å². The summed E-state index contributed by atoms with van der Waals surface area (Å²) in [5.41, 5.74) is 0. The van der Waals surface area contributed by atoms with Gasteiger partial charge in [-0.05, 0) is 38.5 Å². The van der Waals surface area contributed by atoms with Crippen molar-refractivity contribution in [1.82, 2.24) is 10.2 Å². The maximum Gasteiger partial charge on any atom is 0.317 e. The molecule has 1 rings (SSSR count). The van der Waals surface area contributed by atoms with E-state index in [1.54, 1.807) is 11.8 Å². The summed E-state index contributed by atoms with van der Waals surface area (Å²) in [4.78, 5) is 24.5. The molecule has 0 radical (unpaired) electrons. The number of carbonyl (C=O) groups excluding carboxylic acids is 1. The molecule has 1 aliphatic rings. The first-order chi connectivity index (χ1) is 8.93. The predicted molar refractivity (Wildman–Crippen MR) is 74.0 cm³/mol. The molecule has 5 heteroatoms. The molecule has 0 aromatic carbocycles. The highest BCUT2D eigenvalue weighted by atomic mass is 16.4. The van der Waals surface area contributed by atoms with Crippen LogP contribution in [0.3, 0.4) is 0 Å². The molecule has 1 unspecified atom stereocenters. The second-order valence-corrected chi connectivity index (χ2v) is 5.68. The Labute approximate surface area is 115 Å². The largest absolute Gasteiger partial charge is 0.481 e. The van der Waals surface area contributed by atoms with Gasteiger partial charge in [-0.2, -0.15) is 0 Å². The average Bonchev–Trinajstić information content (AvgIpc) is 2.38. The molecule has 1 atom stereocenters. The van der Waals surface area contributed by atoms with Gasteiger partial charge in [-0.15, -0.1) is 0 Å². The minimum absolute atomic E-state index is 0.129. The Morgan fingerprint density at radius 3 is 2.37 bits per heavy atom. The van der Waals surface area contributed by atoms with Gasteiger partial charge in [0, 0.05) is 19.1 Å². The summed E-state index contributed by atoms with van der Waals surface area (Å²) < 4.78 is 0. The molecule has 5 nitrogen and oxygen atoms in total. The molecule has 0 bridgehead atoms. The fraction of sp³-hybridized carbons (Fsp3) is 0.857. The first-order valence-corrected chi connectivity index (χ1v) is 7.22. The van der Waals surface area contributed by atoms with E-state index < -0.39 is 11.9 Å². The SMILES string of the molecule is CCN(CC(C)C(=O)O)C(=O)NC1CCC(C)CC1. The number of carboxylic acid groups (broad SMARTS) is 1. The Balaban J connectivity index is 2.43. The van der Waals surface area contributed by atoms with Crippen LogP contribution in [0.15, 0.2) is 0 Å². The third kappa shape index (κ3) is 5.09. The van der Waals surface area contributed by atoms with Crippen LogP contribution in [0, 0.1) is 11.8 Å². The number of nitrogens with one attached hydrogen (secondary N) is 1. The van der Waals surface area contributed by atoms with E-state index in [2.05, 4.69) is 12.2 Å². The van der Waals surface area contributed by atoms with Gasteiger partial charge in [-0.25, -0.2) is 4.79 Å². The van der Waals surface area contributed by atoms with Crippen molar-refractivity contribution in [3.63, 3.8) is 0 Å². The molecule has 1 saturated carbocycles. The maximum absolute atomic E-state index is 12.1. The lowest BCUT2D eigenvalue weighted by atomic mass is 9.87. The summed E-state index contributed by atoms with van der Waals surface area (Å²) in [6, 6.07) is 0.119. The number of hydrogen-bond acceptors (Lipinski definition) is 2. The van der Waals surface area contributed by atoms with Crippen LogP contribution < -0.4 is 5.32 Å². The topological polar surface area (TPSA) is 69.6 Å². The minimum atomic E-state index is -0.863. The molecule has 0 aromatic heterocycles. The van der Waals surface area contributed by atoms with Gasteiger partial charge >= 0.3 is 12.0 Å². The van der Waals surface area contributed by atoms with E-state index in [0.29, 0.717) is 6.54 Å². The third-order valence-corrected chi connectivity index (χ3v) is 3.93. The van der Waals surface area contributed by atoms with Crippen LogP contribution in [-0.2, 0) is 4.79 Å². The molecule has 0 aliphatic heterocycles. The highest BCUT2D eigenvalue weighted by Crippen LogP contribution is 2.23. The molecule has 1 fully saturated rings. The lowest BCUT2D eigenvalue weighted by Gasteiger charge is -2.30. The fourth-order valence-corrected chi connectivity index (χ4v) is 2.43. The summed E-state index contributed by atoms with van der Waals surface area (Å²) in [6.07, 6.45) is 4.36. The van der Waals surface area contributed by atoms with Crippen LogP contribution >= 0.6 is 0 Å². The Morgan fingerprint density at radius 2 is 1.89 bits per heavy atom. The molecular formula is C14H26N2O3. The Kier molecular flexibility index (Phi) is 6.12. The van der Waals surface area contributed by atoms with E-state index in [9.17, 15) is 9.59 Å². The number of rotatable bonds is 5. The maximum atomic E-state index is 12.1. The monoisotopic (exact) mass is 270 g/mol. The van der Waals surface area contributed by atoms with Gasteiger partial charge in [-0.3, -0.25) is 4.79 Å².